The van der Waals surface area contributed by atoms with Gasteiger partial charge < -0.3 is 16.2 Å². The van der Waals surface area contributed by atoms with Gasteiger partial charge in [-0.2, -0.15) is 0 Å². The fourth-order valence-electron chi connectivity index (χ4n) is 2.32. The van der Waals surface area contributed by atoms with Crippen LogP contribution < -0.4 is 11.1 Å². The molecule has 0 heterocycles. The molecule has 0 aliphatic rings. The number of nitrogens with one attached hydrogen (secondary N) is 1. The second-order valence-corrected chi connectivity index (χ2v) is 6.96. The molecular weight excluding hydrogens is 359 g/mol. The monoisotopic (exact) mass is 374 g/mol. The minimum atomic E-state index is -0.659. The minimum absolute atomic E-state index is 0.338. The van der Waals surface area contributed by atoms with Gasteiger partial charge in [0.1, 0.15) is 0 Å². The van der Waals surface area contributed by atoms with E-state index < -0.39 is 11.6 Å². The number of nitrogens with two attached hydrogens (primary N) is 1. The minimum Gasteiger partial charge on any atom is -0.503 e. The van der Waals surface area contributed by atoms with Gasteiger partial charge in [-0.05, 0) is 60.2 Å². The summed E-state index contributed by atoms with van der Waals surface area (Å²) >= 11 is 7.51. The summed E-state index contributed by atoms with van der Waals surface area (Å²) in [5.41, 5.74) is 7.83. The zero-order chi connectivity index (χ0) is 17.8. The van der Waals surface area contributed by atoms with Gasteiger partial charge in [-0.1, -0.05) is 29.4 Å². The Kier molecular flexibility index (Phi) is 5.36. The number of nitrogen functional groups attached to an aromatic ring is 1. The molecule has 0 aliphatic heterocycles. The first kappa shape index (κ1) is 17.5. The predicted molar refractivity (Wildman–Crippen MR) is 102 cm³/mol. The molecule has 6 heteroatoms. The van der Waals surface area contributed by atoms with E-state index in [2.05, 4.69) is 5.32 Å². The Labute approximate surface area is 154 Å². The molecule has 4 N–H and O–H groups in total. The largest absolute Gasteiger partial charge is 0.503 e. The van der Waals surface area contributed by atoms with Crippen molar-refractivity contribution in [1.82, 2.24) is 0 Å². The summed E-state index contributed by atoms with van der Waals surface area (Å²) in [6, 6.07) is 17.6. The fraction of sp³-hybridized carbons (Fsp3) is 0.0526. The van der Waals surface area contributed by atoms with Crippen LogP contribution >= 0.6 is 23.4 Å². The average Bonchev–Trinajstić information content (AvgIpc) is 2.60. The van der Waals surface area contributed by atoms with Crippen molar-refractivity contribution in [2.75, 3.05) is 11.1 Å². The summed E-state index contributed by atoms with van der Waals surface area (Å²) in [4.78, 5) is 2.06. The first-order valence-corrected chi connectivity index (χ1v) is 8.75. The van der Waals surface area contributed by atoms with E-state index in [0.717, 1.165) is 15.4 Å². The highest BCUT2D eigenvalue weighted by Gasteiger charge is 2.09. The summed E-state index contributed by atoms with van der Waals surface area (Å²) in [5, 5.41) is 13.5. The Balaban J connectivity index is 1.81. The van der Waals surface area contributed by atoms with Crippen LogP contribution in [0, 0.1) is 5.82 Å². The van der Waals surface area contributed by atoms with Gasteiger partial charge >= 0.3 is 0 Å². The number of halogens is 2. The van der Waals surface area contributed by atoms with Crippen LogP contribution in [0.2, 0.25) is 5.02 Å². The van der Waals surface area contributed by atoms with Gasteiger partial charge in [0.2, 0.25) is 0 Å². The Morgan fingerprint density at radius 1 is 1.08 bits per heavy atom. The van der Waals surface area contributed by atoms with Crippen LogP contribution in [0.25, 0.3) is 0 Å². The lowest BCUT2D eigenvalue weighted by Crippen LogP contribution is -2.02. The lowest BCUT2D eigenvalue weighted by atomic mass is 10.2. The zero-order valence-electron chi connectivity index (χ0n) is 13.2. The van der Waals surface area contributed by atoms with Crippen LogP contribution in [0.5, 0.6) is 5.75 Å². The van der Waals surface area contributed by atoms with E-state index in [4.69, 9.17) is 17.3 Å². The van der Waals surface area contributed by atoms with Crippen molar-refractivity contribution >= 4 is 34.7 Å². The van der Waals surface area contributed by atoms with E-state index in [9.17, 15) is 9.50 Å². The first-order valence-electron chi connectivity index (χ1n) is 7.56. The van der Waals surface area contributed by atoms with Crippen molar-refractivity contribution < 1.29 is 9.50 Å². The third kappa shape index (κ3) is 4.38. The molecule has 0 atom stereocenters. The molecule has 0 bridgehead atoms. The molecule has 0 saturated heterocycles. The molecule has 0 amide bonds. The van der Waals surface area contributed by atoms with Gasteiger partial charge in [0.25, 0.3) is 0 Å². The number of hydrogen-bond acceptors (Lipinski definition) is 4. The molecule has 0 saturated carbocycles. The number of phenols is 1. The van der Waals surface area contributed by atoms with Crippen LogP contribution in [-0.2, 0) is 6.54 Å². The summed E-state index contributed by atoms with van der Waals surface area (Å²) in [6.45, 7) is 0.401. The van der Waals surface area contributed by atoms with Crippen LogP contribution in [-0.4, -0.2) is 5.11 Å². The van der Waals surface area contributed by atoms with Gasteiger partial charge in [0.15, 0.2) is 11.6 Å². The van der Waals surface area contributed by atoms with E-state index in [1.54, 1.807) is 23.9 Å². The Morgan fingerprint density at radius 2 is 1.84 bits per heavy atom. The summed E-state index contributed by atoms with van der Waals surface area (Å²) in [5.74, 6) is -1.05. The quantitative estimate of drug-likeness (QED) is 0.406. The smallest absolute Gasteiger partial charge is 0.174 e. The molecule has 128 valence electrons. The van der Waals surface area contributed by atoms with Crippen molar-refractivity contribution in [3.8, 4) is 5.75 Å². The molecular formula is C19H16ClFN2OS. The first-order chi connectivity index (χ1) is 12.0. The molecule has 0 radical (unpaired) electrons. The van der Waals surface area contributed by atoms with Gasteiger partial charge in [-0.3, -0.25) is 0 Å². The summed E-state index contributed by atoms with van der Waals surface area (Å²) in [7, 11) is 0. The number of aromatic hydroxyl groups is 1. The van der Waals surface area contributed by atoms with Crippen molar-refractivity contribution in [2.24, 2.45) is 0 Å². The highest BCUT2D eigenvalue weighted by Crippen LogP contribution is 2.33. The maximum Gasteiger partial charge on any atom is 0.174 e. The van der Waals surface area contributed by atoms with Gasteiger partial charge in [0, 0.05) is 27.0 Å². The van der Waals surface area contributed by atoms with Gasteiger partial charge in [0.05, 0.1) is 5.69 Å². The SMILES string of the molecule is Nc1ccc(Sc2ccc(Cl)cc2)c(CNc2cccc(F)c2O)c1. The number of phenolic OH excluding ortho intramolecular Hbond substituents is 1. The van der Waals surface area contributed by atoms with Crippen molar-refractivity contribution in [3.63, 3.8) is 0 Å². The lowest BCUT2D eigenvalue weighted by Gasteiger charge is -2.13. The summed E-state index contributed by atoms with van der Waals surface area (Å²) < 4.78 is 13.4. The van der Waals surface area contributed by atoms with Gasteiger partial charge in [-0.25, -0.2) is 4.39 Å². The molecule has 0 aliphatic carbocycles. The topological polar surface area (TPSA) is 58.3 Å². The van der Waals surface area contributed by atoms with Crippen LogP contribution in [0.15, 0.2) is 70.5 Å². The van der Waals surface area contributed by atoms with Crippen molar-refractivity contribution in [3.05, 3.63) is 77.1 Å². The van der Waals surface area contributed by atoms with Crippen LogP contribution in [0.1, 0.15) is 5.56 Å². The van der Waals surface area contributed by atoms with E-state index in [1.807, 2.05) is 42.5 Å². The highest BCUT2D eigenvalue weighted by atomic mass is 35.5. The molecule has 0 fully saturated rings. The predicted octanol–water partition coefficient (Wildman–Crippen LogP) is 5.53. The molecule has 0 aromatic heterocycles. The highest BCUT2D eigenvalue weighted by molar-refractivity contribution is 7.99. The Hall–Kier alpha value is -2.37. The van der Waals surface area contributed by atoms with E-state index in [1.165, 1.54) is 6.07 Å². The standard InChI is InChI=1S/C19H16ClFN2OS/c20-13-4-7-15(8-5-13)25-18-9-6-14(22)10-12(18)11-23-17-3-1-2-16(21)19(17)24/h1-10,23-24H,11,22H2. The molecule has 25 heavy (non-hydrogen) atoms. The molecule has 3 nitrogen and oxygen atoms in total. The number of benzene rings is 3. The molecule has 0 unspecified atom stereocenters. The van der Waals surface area contributed by atoms with E-state index in [0.29, 0.717) is 22.9 Å². The van der Waals surface area contributed by atoms with Crippen LogP contribution in [0.3, 0.4) is 0 Å². The lowest BCUT2D eigenvalue weighted by molar-refractivity contribution is 0.434. The van der Waals surface area contributed by atoms with Crippen LogP contribution in [0.4, 0.5) is 15.8 Å². The van der Waals surface area contributed by atoms with E-state index in [-0.39, 0.29) is 0 Å². The fourth-order valence-corrected chi connectivity index (χ4v) is 3.37. The normalized spacial score (nSPS) is 10.6. The average molecular weight is 375 g/mol. The number of hydrogen-bond donors (Lipinski definition) is 3. The van der Waals surface area contributed by atoms with Crippen molar-refractivity contribution in [2.45, 2.75) is 16.3 Å². The molecule has 3 aromatic rings. The number of rotatable bonds is 5. The third-order valence-electron chi connectivity index (χ3n) is 3.58. The third-order valence-corrected chi connectivity index (χ3v) is 4.96. The Morgan fingerprint density at radius 3 is 2.60 bits per heavy atom. The van der Waals surface area contributed by atoms with Gasteiger partial charge in [-0.15, -0.1) is 0 Å². The second kappa shape index (κ2) is 7.68. The summed E-state index contributed by atoms with van der Waals surface area (Å²) in [6.07, 6.45) is 0. The Bertz CT molecular complexity index is 887. The number of anilines is 2. The van der Waals surface area contributed by atoms with Crippen molar-refractivity contribution in [1.29, 1.82) is 0 Å². The molecule has 3 aromatic carbocycles. The number of para-hydroxylation sites is 1. The maximum absolute atomic E-state index is 13.4. The molecule has 3 rings (SSSR count). The van der Waals surface area contributed by atoms with E-state index >= 15 is 0 Å². The zero-order valence-corrected chi connectivity index (χ0v) is 14.7. The second-order valence-electron chi connectivity index (χ2n) is 5.41. The molecule has 0 spiro atoms. The maximum atomic E-state index is 13.4.